The lowest BCUT2D eigenvalue weighted by molar-refractivity contribution is 0.251. The predicted molar refractivity (Wildman–Crippen MR) is 84.0 cm³/mol. The van der Waals surface area contributed by atoms with Gasteiger partial charge in [-0.2, -0.15) is 0 Å². The summed E-state index contributed by atoms with van der Waals surface area (Å²) in [7, 11) is 1.16. The zero-order chi connectivity index (χ0) is 17.7. The first-order valence-corrected chi connectivity index (χ1v) is 7.54. The van der Waals surface area contributed by atoms with Gasteiger partial charge in [-0.25, -0.2) is 13.6 Å². The van der Waals surface area contributed by atoms with Gasteiger partial charge in [-0.3, -0.25) is 0 Å². The number of hydrogen-bond donors (Lipinski definition) is 2. The molecule has 1 heterocycles. The van der Waals surface area contributed by atoms with Crippen molar-refractivity contribution in [3.05, 3.63) is 40.8 Å². The molecule has 2 N–H and O–H groups in total. The molecule has 8 heteroatoms. The van der Waals surface area contributed by atoms with Crippen LogP contribution in [0.15, 0.2) is 16.7 Å². The highest BCUT2D eigenvalue weighted by molar-refractivity contribution is 5.89. The lowest BCUT2D eigenvalue weighted by atomic mass is 10.1. The van der Waals surface area contributed by atoms with Crippen LogP contribution in [0.25, 0.3) is 0 Å². The number of methoxy groups -OCH3 is 1. The van der Waals surface area contributed by atoms with Gasteiger partial charge < -0.3 is 19.9 Å². The second-order valence-electron chi connectivity index (χ2n) is 5.02. The average Bonchev–Trinajstić information content (AvgIpc) is 2.94. The summed E-state index contributed by atoms with van der Waals surface area (Å²) in [5.74, 6) is -1.58. The number of urea groups is 1. The van der Waals surface area contributed by atoms with Crippen molar-refractivity contribution in [2.24, 2.45) is 0 Å². The molecule has 0 bridgehead atoms. The fourth-order valence-electron chi connectivity index (χ4n) is 2.31. The van der Waals surface area contributed by atoms with Gasteiger partial charge in [0.05, 0.1) is 12.8 Å². The number of benzene rings is 1. The summed E-state index contributed by atoms with van der Waals surface area (Å²) in [5, 5.41) is 8.95. The molecule has 0 saturated carbocycles. The number of aromatic nitrogens is 1. The minimum absolute atomic E-state index is 0.0138. The van der Waals surface area contributed by atoms with Crippen LogP contribution >= 0.6 is 0 Å². The third-order valence-electron chi connectivity index (χ3n) is 3.49. The molecule has 0 fully saturated rings. The van der Waals surface area contributed by atoms with Crippen LogP contribution in [0.2, 0.25) is 0 Å². The van der Waals surface area contributed by atoms with E-state index >= 15 is 0 Å². The molecule has 2 amide bonds. The molecular weight excluding hydrogens is 320 g/mol. The molecule has 2 aromatic rings. The molecule has 0 spiro atoms. The van der Waals surface area contributed by atoms with Crippen LogP contribution in [0.3, 0.4) is 0 Å². The van der Waals surface area contributed by atoms with Gasteiger partial charge in [-0.05, 0) is 6.42 Å². The van der Waals surface area contributed by atoms with E-state index in [1.807, 2.05) is 13.8 Å². The summed E-state index contributed by atoms with van der Waals surface area (Å²) in [5.41, 5.74) is 1.58. The van der Waals surface area contributed by atoms with Crippen LogP contribution in [-0.4, -0.2) is 18.3 Å². The van der Waals surface area contributed by atoms with E-state index in [1.54, 1.807) is 0 Å². The second-order valence-corrected chi connectivity index (χ2v) is 5.02. The van der Waals surface area contributed by atoms with Gasteiger partial charge in [0.1, 0.15) is 5.76 Å². The zero-order valence-corrected chi connectivity index (χ0v) is 13.7. The van der Waals surface area contributed by atoms with Crippen LogP contribution in [-0.2, 0) is 19.4 Å². The molecule has 0 atom stereocenters. The van der Waals surface area contributed by atoms with Crippen LogP contribution in [0.5, 0.6) is 5.75 Å². The third kappa shape index (κ3) is 3.81. The molecule has 0 aliphatic heterocycles. The lowest BCUT2D eigenvalue weighted by Crippen LogP contribution is -2.28. The Balaban J connectivity index is 2.03. The maximum absolute atomic E-state index is 13.6. The number of halogens is 2. The molecule has 6 nitrogen and oxygen atoms in total. The van der Waals surface area contributed by atoms with Gasteiger partial charge in [0, 0.05) is 36.3 Å². The standard InChI is InChI=1S/C16H19F2N3O3/c1-4-13-10(14(5-2)24-21-13)8-19-16(22)20-9-6-11(17)15(23-3)12(18)7-9/h6-7H,4-5,8H2,1-3H3,(H2,19,20,22). The van der Waals surface area contributed by atoms with Crippen molar-refractivity contribution >= 4 is 11.7 Å². The predicted octanol–water partition coefficient (Wildman–Crippen LogP) is 3.41. The molecular formula is C16H19F2N3O3. The molecule has 0 unspecified atom stereocenters. The van der Waals surface area contributed by atoms with Gasteiger partial charge in [0.15, 0.2) is 17.4 Å². The van der Waals surface area contributed by atoms with Crippen molar-refractivity contribution in [1.82, 2.24) is 10.5 Å². The molecule has 0 radical (unpaired) electrons. The van der Waals surface area contributed by atoms with Crippen LogP contribution in [0, 0.1) is 11.6 Å². The Labute approximate surface area is 138 Å². The molecule has 24 heavy (non-hydrogen) atoms. The lowest BCUT2D eigenvalue weighted by Gasteiger charge is -2.10. The second kappa shape index (κ2) is 7.76. The van der Waals surface area contributed by atoms with E-state index in [2.05, 4.69) is 20.5 Å². The normalized spacial score (nSPS) is 10.5. The summed E-state index contributed by atoms with van der Waals surface area (Å²) >= 11 is 0. The highest BCUT2D eigenvalue weighted by atomic mass is 19.1. The fraction of sp³-hybridized carbons (Fsp3) is 0.375. The Morgan fingerprint density at radius 2 is 1.92 bits per heavy atom. The fourth-order valence-corrected chi connectivity index (χ4v) is 2.31. The van der Waals surface area contributed by atoms with E-state index in [0.717, 1.165) is 30.5 Å². The van der Waals surface area contributed by atoms with Crippen molar-refractivity contribution in [2.45, 2.75) is 33.2 Å². The van der Waals surface area contributed by atoms with E-state index in [-0.39, 0.29) is 12.2 Å². The van der Waals surface area contributed by atoms with Gasteiger partial charge in [-0.1, -0.05) is 19.0 Å². The quantitative estimate of drug-likeness (QED) is 0.846. The maximum atomic E-state index is 13.6. The average molecular weight is 339 g/mol. The SMILES string of the molecule is CCc1noc(CC)c1CNC(=O)Nc1cc(F)c(OC)c(F)c1. The van der Waals surface area contributed by atoms with Gasteiger partial charge >= 0.3 is 6.03 Å². The smallest absolute Gasteiger partial charge is 0.319 e. The van der Waals surface area contributed by atoms with E-state index in [1.165, 1.54) is 0 Å². The number of amides is 2. The minimum atomic E-state index is -0.895. The van der Waals surface area contributed by atoms with Crippen molar-refractivity contribution in [3.8, 4) is 5.75 Å². The summed E-state index contributed by atoms with van der Waals surface area (Å²) < 4.78 is 37.0. The third-order valence-corrected chi connectivity index (χ3v) is 3.49. The van der Waals surface area contributed by atoms with Crippen LogP contribution in [0.4, 0.5) is 19.3 Å². The number of carbonyl (C=O) groups excluding carboxylic acids is 1. The van der Waals surface area contributed by atoms with E-state index in [0.29, 0.717) is 18.6 Å². The highest BCUT2D eigenvalue weighted by Crippen LogP contribution is 2.25. The molecule has 0 aliphatic rings. The molecule has 1 aromatic carbocycles. The van der Waals surface area contributed by atoms with E-state index in [4.69, 9.17) is 4.52 Å². The van der Waals surface area contributed by atoms with E-state index < -0.39 is 23.4 Å². The van der Waals surface area contributed by atoms with Crippen molar-refractivity contribution in [2.75, 3.05) is 12.4 Å². The Kier molecular flexibility index (Phi) is 5.73. The Morgan fingerprint density at radius 3 is 2.46 bits per heavy atom. The monoisotopic (exact) mass is 339 g/mol. The summed E-state index contributed by atoms with van der Waals surface area (Å²) in [6.07, 6.45) is 1.33. The Hall–Kier alpha value is -2.64. The summed E-state index contributed by atoms with van der Waals surface area (Å²) in [6.45, 7) is 4.07. The molecule has 0 saturated heterocycles. The first-order valence-electron chi connectivity index (χ1n) is 7.54. The van der Waals surface area contributed by atoms with Gasteiger partial charge in [0.25, 0.3) is 0 Å². The highest BCUT2D eigenvalue weighted by Gasteiger charge is 2.16. The van der Waals surface area contributed by atoms with Crippen LogP contribution in [0.1, 0.15) is 30.9 Å². The number of aryl methyl sites for hydroxylation is 2. The first-order chi connectivity index (χ1) is 11.5. The number of hydrogen-bond acceptors (Lipinski definition) is 4. The molecule has 1 aromatic heterocycles. The first kappa shape index (κ1) is 17.7. The van der Waals surface area contributed by atoms with Crippen molar-refractivity contribution in [1.29, 1.82) is 0 Å². The molecule has 2 rings (SSSR count). The molecule has 0 aliphatic carbocycles. The largest absolute Gasteiger partial charge is 0.491 e. The minimum Gasteiger partial charge on any atom is -0.491 e. The van der Waals surface area contributed by atoms with Crippen molar-refractivity contribution < 1.29 is 22.8 Å². The topological polar surface area (TPSA) is 76.4 Å². The van der Waals surface area contributed by atoms with Gasteiger partial charge in [-0.15, -0.1) is 0 Å². The Bertz CT molecular complexity index is 687. The number of nitrogens with zero attached hydrogens (tertiary/aromatic N) is 1. The van der Waals surface area contributed by atoms with Crippen molar-refractivity contribution in [3.63, 3.8) is 0 Å². The van der Waals surface area contributed by atoms with Crippen LogP contribution < -0.4 is 15.4 Å². The van der Waals surface area contributed by atoms with E-state index in [9.17, 15) is 13.6 Å². The Morgan fingerprint density at radius 1 is 1.25 bits per heavy atom. The molecule has 130 valence electrons. The number of nitrogens with one attached hydrogen (secondary N) is 2. The number of rotatable bonds is 6. The number of carbonyl (C=O) groups is 1. The summed E-state index contributed by atoms with van der Waals surface area (Å²) in [4.78, 5) is 11.9. The number of anilines is 1. The maximum Gasteiger partial charge on any atom is 0.319 e. The number of ether oxygens (including phenoxy) is 1. The summed E-state index contributed by atoms with van der Waals surface area (Å²) in [6, 6.07) is 1.37. The van der Waals surface area contributed by atoms with Gasteiger partial charge in [0.2, 0.25) is 0 Å². The zero-order valence-electron chi connectivity index (χ0n) is 13.7.